The standard InChI is InChI=1S/C9H11Cl2N3OS/c1-13-7(11)6(10)12-8(13)9(16)14-2-4-15-5-3-14/h2-5H2,1H3. The Bertz CT molecular complexity index is 415. The predicted molar refractivity (Wildman–Crippen MR) is 67.3 cm³/mol. The number of hydrogen-bond donors (Lipinski definition) is 0. The predicted octanol–water partition coefficient (Wildman–Crippen LogP) is 1.73. The van der Waals surface area contributed by atoms with E-state index in [-0.39, 0.29) is 5.15 Å². The maximum Gasteiger partial charge on any atom is 0.170 e. The van der Waals surface area contributed by atoms with Crippen molar-refractivity contribution in [1.82, 2.24) is 14.5 Å². The minimum Gasteiger partial charge on any atom is -0.378 e. The van der Waals surface area contributed by atoms with Gasteiger partial charge in [-0.25, -0.2) is 4.98 Å². The van der Waals surface area contributed by atoms with Crippen LogP contribution in [0.5, 0.6) is 0 Å². The average Bonchev–Trinajstić information content (AvgIpc) is 2.57. The first-order valence-electron chi connectivity index (χ1n) is 4.86. The van der Waals surface area contributed by atoms with Crippen molar-refractivity contribution >= 4 is 40.4 Å². The van der Waals surface area contributed by atoms with Gasteiger partial charge in [-0.2, -0.15) is 0 Å². The zero-order valence-corrected chi connectivity index (χ0v) is 11.1. The van der Waals surface area contributed by atoms with Crippen LogP contribution in [-0.4, -0.2) is 45.7 Å². The van der Waals surface area contributed by atoms with E-state index in [1.165, 1.54) is 0 Å². The molecule has 0 bridgehead atoms. The molecule has 0 spiro atoms. The lowest BCUT2D eigenvalue weighted by atomic mass is 10.4. The lowest BCUT2D eigenvalue weighted by Gasteiger charge is -2.28. The van der Waals surface area contributed by atoms with Crippen molar-refractivity contribution in [3.8, 4) is 0 Å². The highest BCUT2D eigenvalue weighted by atomic mass is 35.5. The average molecular weight is 280 g/mol. The molecule has 4 nitrogen and oxygen atoms in total. The highest BCUT2D eigenvalue weighted by molar-refractivity contribution is 7.80. The summed E-state index contributed by atoms with van der Waals surface area (Å²) in [6.45, 7) is 2.93. The summed E-state index contributed by atoms with van der Waals surface area (Å²) in [6.07, 6.45) is 0. The van der Waals surface area contributed by atoms with Gasteiger partial charge in [0.05, 0.1) is 13.2 Å². The van der Waals surface area contributed by atoms with Crippen molar-refractivity contribution in [3.05, 3.63) is 16.1 Å². The van der Waals surface area contributed by atoms with Gasteiger partial charge < -0.3 is 14.2 Å². The SMILES string of the molecule is Cn1c(C(=S)N2CCOCC2)nc(Cl)c1Cl. The molecule has 0 aromatic carbocycles. The molecule has 2 heterocycles. The van der Waals surface area contributed by atoms with Crippen molar-refractivity contribution in [3.63, 3.8) is 0 Å². The Labute approximate surface area is 109 Å². The van der Waals surface area contributed by atoms with E-state index in [4.69, 9.17) is 40.2 Å². The van der Waals surface area contributed by atoms with Gasteiger partial charge in [0.1, 0.15) is 10.1 Å². The smallest absolute Gasteiger partial charge is 0.170 e. The molecule has 0 aliphatic carbocycles. The summed E-state index contributed by atoms with van der Waals surface area (Å²) < 4.78 is 6.96. The van der Waals surface area contributed by atoms with E-state index < -0.39 is 0 Å². The molecule has 1 aliphatic heterocycles. The zero-order valence-electron chi connectivity index (χ0n) is 8.74. The van der Waals surface area contributed by atoms with Gasteiger partial charge in [0, 0.05) is 20.1 Å². The fourth-order valence-electron chi connectivity index (χ4n) is 1.54. The number of halogens is 2. The van der Waals surface area contributed by atoms with Crippen molar-refractivity contribution in [1.29, 1.82) is 0 Å². The van der Waals surface area contributed by atoms with Gasteiger partial charge in [-0.1, -0.05) is 35.4 Å². The number of rotatable bonds is 1. The molecular weight excluding hydrogens is 269 g/mol. The maximum atomic E-state index is 5.95. The molecule has 2 rings (SSSR count). The monoisotopic (exact) mass is 279 g/mol. The molecule has 16 heavy (non-hydrogen) atoms. The van der Waals surface area contributed by atoms with E-state index in [0.717, 1.165) is 13.1 Å². The van der Waals surface area contributed by atoms with Crippen LogP contribution < -0.4 is 0 Å². The Hall–Kier alpha value is -0.360. The minimum atomic E-state index is 0.287. The highest BCUT2D eigenvalue weighted by Gasteiger charge is 2.21. The van der Waals surface area contributed by atoms with Gasteiger partial charge >= 0.3 is 0 Å². The summed E-state index contributed by atoms with van der Waals surface area (Å²) in [7, 11) is 1.79. The Morgan fingerprint density at radius 2 is 2.00 bits per heavy atom. The van der Waals surface area contributed by atoms with Gasteiger partial charge in [0.15, 0.2) is 11.0 Å². The van der Waals surface area contributed by atoms with Crippen LogP contribution in [0.25, 0.3) is 0 Å². The molecule has 0 saturated carbocycles. The van der Waals surface area contributed by atoms with Gasteiger partial charge in [-0.05, 0) is 0 Å². The van der Waals surface area contributed by atoms with Crippen LogP contribution in [-0.2, 0) is 11.8 Å². The second-order valence-corrected chi connectivity index (χ2v) is 4.58. The van der Waals surface area contributed by atoms with Crippen LogP contribution in [0, 0.1) is 0 Å². The zero-order chi connectivity index (χ0) is 11.7. The number of imidazole rings is 1. The summed E-state index contributed by atoms with van der Waals surface area (Å²) in [5.74, 6) is 0.631. The molecule has 88 valence electrons. The van der Waals surface area contributed by atoms with Crippen molar-refractivity contribution in [2.45, 2.75) is 0 Å². The van der Waals surface area contributed by atoms with Crippen LogP contribution in [0.15, 0.2) is 0 Å². The van der Waals surface area contributed by atoms with Crippen molar-refractivity contribution in [2.75, 3.05) is 26.3 Å². The molecule has 1 aromatic heterocycles. The van der Waals surface area contributed by atoms with Crippen LogP contribution in [0.2, 0.25) is 10.3 Å². The van der Waals surface area contributed by atoms with Gasteiger partial charge in [0.25, 0.3) is 0 Å². The second kappa shape index (κ2) is 4.87. The first-order valence-corrected chi connectivity index (χ1v) is 6.02. The number of thiocarbonyl (C=S) groups is 1. The molecule has 1 aromatic rings. The second-order valence-electron chi connectivity index (χ2n) is 3.48. The van der Waals surface area contributed by atoms with Crippen molar-refractivity contribution < 1.29 is 4.74 Å². The topological polar surface area (TPSA) is 30.3 Å². The lowest BCUT2D eigenvalue weighted by Crippen LogP contribution is -2.41. The Morgan fingerprint density at radius 3 is 2.50 bits per heavy atom. The summed E-state index contributed by atoms with van der Waals surface area (Å²) in [6, 6.07) is 0. The molecule has 7 heteroatoms. The lowest BCUT2D eigenvalue weighted by molar-refractivity contribution is 0.0690. The maximum absolute atomic E-state index is 5.95. The molecule has 0 atom stereocenters. The van der Waals surface area contributed by atoms with Crippen LogP contribution in [0.4, 0.5) is 0 Å². The Balaban J connectivity index is 2.22. The molecule has 0 amide bonds. The molecular formula is C9H11Cl2N3OS. The van der Waals surface area contributed by atoms with Crippen LogP contribution in [0.3, 0.4) is 0 Å². The molecule has 1 fully saturated rings. The molecule has 0 radical (unpaired) electrons. The first kappa shape index (κ1) is 12.1. The van der Waals surface area contributed by atoms with Gasteiger partial charge in [-0.15, -0.1) is 0 Å². The fourth-order valence-corrected chi connectivity index (χ4v) is 2.24. The summed E-state index contributed by atoms with van der Waals surface area (Å²) in [5.41, 5.74) is 0. The molecule has 0 N–H and O–H groups in total. The molecule has 1 aliphatic rings. The normalized spacial score (nSPS) is 16.6. The first-order chi connectivity index (χ1) is 7.61. The largest absolute Gasteiger partial charge is 0.378 e. The number of ether oxygens (including phenoxy) is 1. The van der Waals surface area contributed by atoms with Gasteiger partial charge in [-0.3, -0.25) is 0 Å². The highest BCUT2D eigenvalue weighted by Crippen LogP contribution is 2.22. The van der Waals surface area contributed by atoms with E-state index in [1.807, 2.05) is 4.90 Å². The Kier molecular flexibility index (Phi) is 3.69. The minimum absolute atomic E-state index is 0.287. The van der Waals surface area contributed by atoms with E-state index >= 15 is 0 Å². The third-order valence-electron chi connectivity index (χ3n) is 2.48. The number of hydrogen-bond acceptors (Lipinski definition) is 3. The van der Waals surface area contributed by atoms with E-state index in [0.29, 0.717) is 29.2 Å². The summed E-state index contributed by atoms with van der Waals surface area (Å²) in [4.78, 5) is 6.87. The van der Waals surface area contributed by atoms with Crippen molar-refractivity contribution in [2.24, 2.45) is 7.05 Å². The number of morpholine rings is 1. The number of nitrogens with zero attached hydrogens (tertiary/aromatic N) is 3. The summed E-state index contributed by atoms with van der Waals surface area (Å²) in [5, 5.41) is 0.696. The fraction of sp³-hybridized carbons (Fsp3) is 0.556. The Morgan fingerprint density at radius 1 is 1.38 bits per heavy atom. The van der Waals surface area contributed by atoms with E-state index in [1.54, 1.807) is 11.6 Å². The third kappa shape index (κ3) is 2.18. The molecule has 1 saturated heterocycles. The molecule has 0 unspecified atom stereocenters. The quantitative estimate of drug-likeness (QED) is 0.733. The van der Waals surface area contributed by atoms with Crippen LogP contribution in [0.1, 0.15) is 5.82 Å². The van der Waals surface area contributed by atoms with Crippen LogP contribution >= 0.6 is 35.4 Å². The number of aromatic nitrogens is 2. The van der Waals surface area contributed by atoms with E-state index in [9.17, 15) is 0 Å². The van der Waals surface area contributed by atoms with Gasteiger partial charge in [0.2, 0.25) is 0 Å². The van der Waals surface area contributed by atoms with E-state index in [2.05, 4.69) is 4.98 Å². The summed E-state index contributed by atoms with van der Waals surface area (Å²) >= 11 is 17.2. The third-order valence-corrected chi connectivity index (χ3v) is 3.71.